The predicted octanol–water partition coefficient (Wildman–Crippen LogP) is 1.81. The first-order chi connectivity index (χ1) is 8.90. The molecule has 0 aliphatic heterocycles. The van der Waals surface area contributed by atoms with E-state index in [1.54, 1.807) is 36.2 Å². The van der Waals surface area contributed by atoms with E-state index in [4.69, 9.17) is 22.7 Å². The lowest BCUT2D eigenvalue weighted by Crippen LogP contribution is -2.34. The molecular formula is C14H20N2O2S. The molecule has 19 heavy (non-hydrogen) atoms. The molecular weight excluding hydrogens is 260 g/mol. The summed E-state index contributed by atoms with van der Waals surface area (Å²) in [5, 5.41) is 0. The zero-order valence-electron chi connectivity index (χ0n) is 11.6. The zero-order valence-corrected chi connectivity index (χ0v) is 12.4. The van der Waals surface area contributed by atoms with E-state index < -0.39 is 0 Å². The largest absolute Gasteiger partial charge is 0.484 e. The number of ether oxygens (including phenoxy) is 1. The summed E-state index contributed by atoms with van der Waals surface area (Å²) in [6, 6.07) is 7.06. The number of carbonyl (C=O) groups is 1. The number of nitrogens with two attached hydrogens (primary N) is 1. The molecule has 0 bridgehead atoms. The molecule has 1 rings (SSSR count). The minimum Gasteiger partial charge on any atom is -0.484 e. The molecule has 0 aliphatic carbocycles. The normalized spacial score (nSPS) is 10.3. The van der Waals surface area contributed by atoms with E-state index in [9.17, 15) is 4.79 Å². The van der Waals surface area contributed by atoms with Crippen LogP contribution < -0.4 is 10.5 Å². The quantitative estimate of drug-likeness (QED) is 0.808. The van der Waals surface area contributed by atoms with E-state index in [1.807, 2.05) is 0 Å². The van der Waals surface area contributed by atoms with Gasteiger partial charge in [-0.2, -0.15) is 0 Å². The number of carbonyl (C=O) groups excluding carboxylic acids is 1. The highest BCUT2D eigenvalue weighted by Gasteiger charge is 2.10. The average Bonchev–Trinajstić information content (AvgIpc) is 2.35. The number of hydrogen-bond acceptors (Lipinski definition) is 3. The molecule has 0 atom stereocenters. The Morgan fingerprint density at radius 3 is 2.42 bits per heavy atom. The van der Waals surface area contributed by atoms with Crippen molar-refractivity contribution in [2.45, 2.75) is 13.8 Å². The first-order valence-electron chi connectivity index (χ1n) is 6.16. The van der Waals surface area contributed by atoms with Crippen LogP contribution in [-0.2, 0) is 4.79 Å². The molecule has 1 aromatic carbocycles. The van der Waals surface area contributed by atoms with E-state index in [1.165, 1.54) is 0 Å². The summed E-state index contributed by atoms with van der Waals surface area (Å²) in [6.45, 7) is 4.90. The summed E-state index contributed by atoms with van der Waals surface area (Å²) in [6.07, 6.45) is 0. The van der Waals surface area contributed by atoms with Crippen molar-refractivity contribution < 1.29 is 9.53 Å². The zero-order chi connectivity index (χ0) is 14.4. The van der Waals surface area contributed by atoms with Crippen LogP contribution in [0, 0.1) is 5.92 Å². The lowest BCUT2D eigenvalue weighted by Gasteiger charge is -2.19. The summed E-state index contributed by atoms with van der Waals surface area (Å²) >= 11 is 4.86. The number of nitrogens with zero attached hydrogens (tertiary/aromatic N) is 1. The highest BCUT2D eigenvalue weighted by molar-refractivity contribution is 7.80. The van der Waals surface area contributed by atoms with E-state index in [-0.39, 0.29) is 12.5 Å². The van der Waals surface area contributed by atoms with E-state index in [2.05, 4.69) is 13.8 Å². The number of thiocarbonyl (C=S) groups is 1. The van der Waals surface area contributed by atoms with Gasteiger partial charge in [-0.15, -0.1) is 0 Å². The minimum atomic E-state index is -0.0351. The standard InChI is InChI=1S/C14H20N2O2S/c1-10(2)8-16(3)13(17)9-18-12-6-4-11(5-7-12)14(15)19/h4-7,10H,8-9H2,1-3H3,(H2,15,19). The minimum absolute atomic E-state index is 0.0351. The van der Waals surface area contributed by atoms with Gasteiger partial charge in [-0.25, -0.2) is 0 Å². The van der Waals surface area contributed by atoms with Gasteiger partial charge in [-0.1, -0.05) is 26.1 Å². The number of rotatable bonds is 6. The van der Waals surface area contributed by atoms with Crippen LogP contribution in [-0.4, -0.2) is 36.0 Å². The summed E-state index contributed by atoms with van der Waals surface area (Å²) in [7, 11) is 1.78. The highest BCUT2D eigenvalue weighted by Crippen LogP contribution is 2.12. The first-order valence-corrected chi connectivity index (χ1v) is 6.57. The van der Waals surface area contributed by atoms with Crippen molar-refractivity contribution in [2.24, 2.45) is 11.7 Å². The molecule has 0 radical (unpaired) electrons. The molecule has 0 heterocycles. The van der Waals surface area contributed by atoms with E-state index in [0.29, 0.717) is 16.7 Å². The van der Waals surface area contributed by atoms with Gasteiger partial charge in [-0.05, 0) is 30.2 Å². The van der Waals surface area contributed by atoms with Gasteiger partial charge in [0.2, 0.25) is 0 Å². The Bertz CT molecular complexity index is 443. The Labute approximate surface area is 119 Å². The van der Waals surface area contributed by atoms with Crippen LogP contribution in [0.4, 0.5) is 0 Å². The van der Waals surface area contributed by atoms with Crippen LogP contribution in [0.2, 0.25) is 0 Å². The third-order valence-electron chi connectivity index (χ3n) is 2.57. The molecule has 1 amide bonds. The van der Waals surface area contributed by atoms with Gasteiger partial charge in [0.15, 0.2) is 6.61 Å². The van der Waals surface area contributed by atoms with Crippen LogP contribution in [0.5, 0.6) is 5.75 Å². The van der Waals surface area contributed by atoms with Crippen LogP contribution in [0.25, 0.3) is 0 Å². The number of likely N-dealkylation sites (N-methyl/N-ethyl adjacent to an activating group) is 1. The fraction of sp³-hybridized carbons (Fsp3) is 0.429. The molecule has 1 aromatic rings. The van der Waals surface area contributed by atoms with E-state index in [0.717, 1.165) is 12.1 Å². The second-order valence-corrected chi connectivity index (χ2v) is 5.29. The molecule has 0 aromatic heterocycles. The maximum Gasteiger partial charge on any atom is 0.260 e. The predicted molar refractivity (Wildman–Crippen MR) is 80.3 cm³/mol. The van der Waals surface area contributed by atoms with Crippen molar-refractivity contribution in [1.82, 2.24) is 4.90 Å². The van der Waals surface area contributed by atoms with Crippen LogP contribution >= 0.6 is 12.2 Å². The topological polar surface area (TPSA) is 55.6 Å². The van der Waals surface area contributed by atoms with Crippen molar-refractivity contribution in [3.8, 4) is 5.75 Å². The lowest BCUT2D eigenvalue weighted by molar-refractivity contribution is -0.132. The van der Waals surface area contributed by atoms with Gasteiger partial charge in [0, 0.05) is 19.2 Å². The summed E-state index contributed by atoms with van der Waals surface area (Å²) in [5.41, 5.74) is 6.28. The SMILES string of the molecule is CC(C)CN(C)C(=O)COc1ccc(C(N)=S)cc1. The van der Waals surface area contributed by atoms with Crippen molar-refractivity contribution in [1.29, 1.82) is 0 Å². The number of hydrogen-bond donors (Lipinski definition) is 1. The molecule has 5 heteroatoms. The summed E-state index contributed by atoms with van der Waals surface area (Å²) in [4.78, 5) is 13.8. The van der Waals surface area contributed by atoms with Crippen molar-refractivity contribution in [2.75, 3.05) is 20.2 Å². The molecule has 2 N–H and O–H groups in total. The lowest BCUT2D eigenvalue weighted by atomic mass is 10.2. The van der Waals surface area contributed by atoms with Crippen molar-refractivity contribution in [3.05, 3.63) is 29.8 Å². The Kier molecular flexibility index (Phi) is 5.76. The highest BCUT2D eigenvalue weighted by atomic mass is 32.1. The molecule has 4 nitrogen and oxygen atoms in total. The van der Waals surface area contributed by atoms with Crippen LogP contribution in [0.3, 0.4) is 0 Å². The average molecular weight is 280 g/mol. The monoisotopic (exact) mass is 280 g/mol. The fourth-order valence-corrected chi connectivity index (χ4v) is 1.76. The number of benzene rings is 1. The molecule has 0 unspecified atom stereocenters. The first kappa shape index (κ1) is 15.4. The molecule has 0 spiro atoms. The third-order valence-corrected chi connectivity index (χ3v) is 2.80. The third kappa shape index (κ3) is 5.26. The van der Waals surface area contributed by atoms with Crippen molar-refractivity contribution >= 4 is 23.1 Å². The van der Waals surface area contributed by atoms with Crippen molar-refractivity contribution in [3.63, 3.8) is 0 Å². The Morgan fingerprint density at radius 2 is 1.95 bits per heavy atom. The van der Waals surface area contributed by atoms with Gasteiger partial charge in [0.1, 0.15) is 10.7 Å². The maximum atomic E-state index is 11.8. The Morgan fingerprint density at radius 1 is 1.37 bits per heavy atom. The van der Waals surface area contributed by atoms with Gasteiger partial charge in [0.05, 0.1) is 0 Å². The fourth-order valence-electron chi connectivity index (χ4n) is 1.62. The summed E-state index contributed by atoms with van der Waals surface area (Å²) in [5.74, 6) is 1.04. The Balaban J connectivity index is 2.48. The molecule has 104 valence electrons. The van der Waals surface area contributed by atoms with Crippen LogP contribution in [0.15, 0.2) is 24.3 Å². The summed E-state index contributed by atoms with van der Waals surface area (Å²) < 4.78 is 5.43. The molecule has 0 aliphatic rings. The van der Waals surface area contributed by atoms with E-state index >= 15 is 0 Å². The second kappa shape index (κ2) is 7.09. The molecule has 0 saturated carbocycles. The van der Waals surface area contributed by atoms with Gasteiger partial charge < -0.3 is 15.4 Å². The molecule has 0 fully saturated rings. The van der Waals surface area contributed by atoms with Gasteiger partial charge in [0.25, 0.3) is 5.91 Å². The maximum absolute atomic E-state index is 11.8. The number of amides is 1. The smallest absolute Gasteiger partial charge is 0.260 e. The van der Waals surface area contributed by atoms with Gasteiger partial charge >= 0.3 is 0 Å². The Hall–Kier alpha value is -1.62. The second-order valence-electron chi connectivity index (χ2n) is 4.85. The van der Waals surface area contributed by atoms with Crippen LogP contribution in [0.1, 0.15) is 19.4 Å². The van der Waals surface area contributed by atoms with Gasteiger partial charge in [-0.3, -0.25) is 4.79 Å². The molecule has 0 saturated heterocycles.